The molecule has 4 rings (SSSR count). The van der Waals surface area contributed by atoms with Gasteiger partial charge in [0.05, 0.1) is 10.9 Å². The highest BCUT2D eigenvalue weighted by molar-refractivity contribution is 7.89. The van der Waals surface area contributed by atoms with Crippen LogP contribution in [-0.4, -0.2) is 30.2 Å². The minimum absolute atomic E-state index is 0.198. The minimum Gasteiger partial charge on any atom is -0.322 e. The van der Waals surface area contributed by atoms with Gasteiger partial charge in [-0.15, -0.1) is 0 Å². The van der Waals surface area contributed by atoms with Gasteiger partial charge in [-0.05, 0) is 66.9 Å². The predicted molar refractivity (Wildman–Crippen MR) is 121 cm³/mol. The lowest BCUT2D eigenvalue weighted by atomic mass is 9.99. The van der Waals surface area contributed by atoms with Gasteiger partial charge in [-0.2, -0.15) is 4.31 Å². The van der Waals surface area contributed by atoms with Crippen molar-refractivity contribution in [2.24, 2.45) is 0 Å². The lowest BCUT2D eigenvalue weighted by Crippen LogP contribution is -2.38. The molecule has 1 aromatic heterocycles. The van der Waals surface area contributed by atoms with Crippen LogP contribution >= 0.6 is 11.6 Å². The van der Waals surface area contributed by atoms with Gasteiger partial charge in [-0.3, -0.25) is 9.78 Å². The van der Waals surface area contributed by atoms with E-state index in [1.807, 2.05) is 12.1 Å². The van der Waals surface area contributed by atoms with Crippen LogP contribution in [0.2, 0.25) is 5.02 Å². The highest BCUT2D eigenvalue weighted by Crippen LogP contribution is 2.35. The summed E-state index contributed by atoms with van der Waals surface area (Å²) in [5.74, 6) is -0.314. The largest absolute Gasteiger partial charge is 0.322 e. The number of nitrogens with one attached hydrogen (secondary N) is 1. The van der Waals surface area contributed by atoms with Gasteiger partial charge in [0, 0.05) is 35.2 Å². The zero-order chi connectivity index (χ0) is 21.8. The number of amides is 1. The van der Waals surface area contributed by atoms with Crippen molar-refractivity contribution in [3.05, 3.63) is 89.2 Å². The second kappa shape index (κ2) is 9.18. The summed E-state index contributed by atoms with van der Waals surface area (Å²) >= 11 is 5.94. The summed E-state index contributed by atoms with van der Waals surface area (Å²) in [5, 5.41) is 3.24. The number of carbonyl (C=O) groups is 1. The summed E-state index contributed by atoms with van der Waals surface area (Å²) in [6.07, 6.45) is 5.97. The molecule has 1 aliphatic rings. The van der Waals surface area contributed by atoms with Crippen molar-refractivity contribution < 1.29 is 13.2 Å². The minimum atomic E-state index is -3.69. The zero-order valence-corrected chi connectivity index (χ0v) is 18.3. The summed E-state index contributed by atoms with van der Waals surface area (Å²) in [6.45, 7) is 0.467. The van der Waals surface area contributed by atoms with Gasteiger partial charge in [0.1, 0.15) is 0 Å². The van der Waals surface area contributed by atoms with E-state index >= 15 is 0 Å². The molecule has 2 heterocycles. The first-order valence-corrected chi connectivity index (χ1v) is 11.9. The molecule has 1 aliphatic heterocycles. The first-order chi connectivity index (χ1) is 14.9. The Morgan fingerprint density at radius 2 is 1.87 bits per heavy atom. The van der Waals surface area contributed by atoms with Crippen molar-refractivity contribution >= 4 is 33.2 Å². The van der Waals surface area contributed by atoms with Crippen molar-refractivity contribution in [1.29, 1.82) is 0 Å². The number of hydrogen-bond acceptors (Lipinski definition) is 4. The van der Waals surface area contributed by atoms with Gasteiger partial charge in [0.25, 0.3) is 5.91 Å². The molecule has 0 bridgehead atoms. The van der Waals surface area contributed by atoms with Crippen molar-refractivity contribution in [3.8, 4) is 0 Å². The second-order valence-electron chi connectivity index (χ2n) is 7.40. The molecule has 2 aromatic carbocycles. The van der Waals surface area contributed by atoms with Crippen LogP contribution in [0.25, 0.3) is 0 Å². The van der Waals surface area contributed by atoms with Gasteiger partial charge in [-0.1, -0.05) is 30.2 Å². The summed E-state index contributed by atoms with van der Waals surface area (Å²) in [7, 11) is -3.69. The molecular weight excluding hydrogens is 434 g/mol. The number of piperidine rings is 1. The van der Waals surface area contributed by atoms with Crippen LogP contribution in [0.4, 0.5) is 5.69 Å². The van der Waals surface area contributed by atoms with Gasteiger partial charge in [-0.25, -0.2) is 8.42 Å². The number of anilines is 1. The summed E-state index contributed by atoms with van der Waals surface area (Å²) < 4.78 is 28.3. The standard InChI is InChI=1S/C23H22ClN3O3S/c24-19-7-3-5-17(15-19)23(28)26-20-9-11-21(12-10-20)31(29,30)27-14-2-1-8-22(27)18-6-4-13-25-16-18/h3-7,9-13,15-16,22H,1-2,8,14H2,(H,26,28)/t22-/m0/s1. The van der Waals surface area contributed by atoms with E-state index in [9.17, 15) is 13.2 Å². The third kappa shape index (κ3) is 4.79. The highest BCUT2D eigenvalue weighted by atomic mass is 35.5. The van der Waals surface area contributed by atoms with Crippen LogP contribution in [0.1, 0.15) is 41.2 Å². The van der Waals surface area contributed by atoms with Gasteiger partial charge >= 0.3 is 0 Å². The molecule has 6 nitrogen and oxygen atoms in total. The Morgan fingerprint density at radius 1 is 1.06 bits per heavy atom. The fourth-order valence-electron chi connectivity index (χ4n) is 3.78. The molecule has 0 radical (unpaired) electrons. The topological polar surface area (TPSA) is 79.4 Å². The van der Waals surface area contributed by atoms with E-state index in [0.717, 1.165) is 24.8 Å². The Balaban J connectivity index is 1.54. The first-order valence-electron chi connectivity index (χ1n) is 10.0. The lowest BCUT2D eigenvalue weighted by Gasteiger charge is -2.34. The van der Waals surface area contributed by atoms with Gasteiger partial charge in [0.15, 0.2) is 0 Å². The van der Waals surface area contributed by atoms with Gasteiger partial charge in [0.2, 0.25) is 10.0 Å². The number of carbonyl (C=O) groups excluding carboxylic acids is 1. The normalized spacial score (nSPS) is 17.3. The van der Waals surface area contributed by atoms with Crippen LogP contribution in [0, 0.1) is 0 Å². The van der Waals surface area contributed by atoms with E-state index < -0.39 is 10.0 Å². The molecule has 1 atom stereocenters. The molecule has 0 aliphatic carbocycles. The number of hydrogen-bond donors (Lipinski definition) is 1. The van der Waals surface area contributed by atoms with Crippen LogP contribution in [0.15, 0.2) is 78.0 Å². The maximum Gasteiger partial charge on any atom is 0.255 e. The molecule has 1 N–H and O–H groups in total. The number of sulfonamides is 1. The maximum atomic E-state index is 13.4. The fraction of sp³-hybridized carbons (Fsp3) is 0.217. The Labute approximate surface area is 186 Å². The van der Waals surface area contributed by atoms with Crippen molar-refractivity contribution in [3.63, 3.8) is 0 Å². The van der Waals surface area contributed by atoms with Crippen LogP contribution in [0.3, 0.4) is 0 Å². The maximum absolute atomic E-state index is 13.4. The van der Waals surface area contributed by atoms with E-state index in [0.29, 0.717) is 22.8 Å². The molecule has 0 saturated carbocycles. The summed E-state index contributed by atoms with van der Waals surface area (Å²) in [6, 6.07) is 16.4. The zero-order valence-electron chi connectivity index (χ0n) is 16.7. The van der Waals surface area contributed by atoms with E-state index in [4.69, 9.17) is 11.6 Å². The van der Waals surface area contributed by atoms with E-state index in [1.54, 1.807) is 53.1 Å². The monoisotopic (exact) mass is 455 g/mol. The number of benzene rings is 2. The molecule has 8 heteroatoms. The van der Waals surface area contributed by atoms with E-state index in [-0.39, 0.29) is 16.8 Å². The lowest BCUT2D eigenvalue weighted by molar-refractivity contribution is 0.102. The molecule has 0 unspecified atom stereocenters. The van der Waals surface area contributed by atoms with E-state index in [2.05, 4.69) is 10.3 Å². The van der Waals surface area contributed by atoms with Crippen LogP contribution < -0.4 is 5.32 Å². The predicted octanol–water partition coefficient (Wildman–Crippen LogP) is 4.90. The summed E-state index contributed by atoms with van der Waals surface area (Å²) in [4.78, 5) is 16.7. The first kappa shape index (κ1) is 21.5. The molecular formula is C23H22ClN3O3S. The summed E-state index contributed by atoms with van der Waals surface area (Å²) in [5.41, 5.74) is 1.83. The van der Waals surface area contributed by atoms with Gasteiger partial charge < -0.3 is 5.32 Å². The number of pyridine rings is 1. The van der Waals surface area contributed by atoms with Crippen molar-refractivity contribution in [2.45, 2.75) is 30.2 Å². The third-order valence-electron chi connectivity index (χ3n) is 5.33. The Kier molecular flexibility index (Phi) is 6.36. The van der Waals surface area contributed by atoms with Crippen LogP contribution in [0.5, 0.6) is 0 Å². The molecule has 1 fully saturated rings. The van der Waals surface area contributed by atoms with Crippen LogP contribution in [-0.2, 0) is 10.0 Å². The molecule has 0 spiro atoms. The number of halogens is 1. The fourth-order valence-corrected chi connectivity index (χ4v) is 5.65. The Morgan fingerprint density at radius 3 is 2.58 bits per heavy atom. The van der Waals surface area contributed by atoms with Crippen molar-refractivity contribution in [1.82, 2.24) is 9.29 Å². The number of rotatable bonds is 5. The molecule has 3 aromatic rings. The SMILES string of the molecule is O=C(Nc1ccc(S(=O)(=O)N2CCCC[C@H]2c2cccnc2)cc1)c1cccc(Cl)c1. The molecule has 1 saturated heterocycles. The smallest absolute Gasteiger partial charge is 0.255 e. The van der Waals surface area contributed by atoms with E-state index in [1.165, 1.54) is 12.1 Å². The quantitative estimate of drug-likeness (QED) is 0.593. The van der Waals surface area contributed by atoms with Crippen molar-refractivity contribution in [2.75, 3.05) is 11.9 Å². The number of nitrogens with zero attached hydrogens (tertiary/aromatic N) is 2. The molecule has 160 valence electrons. The Bertz CT molecular complexity index is 1170. The average molecular weight is 456 g/mol. The molecule has 1 amide bonds. The second-order valence-corrected chi connectivity index (χ2v) is 9.73. The Hall–Kier alpha value is -2.74. The highest BCUT2D eigenvalue weighted by Gasteiger charge is 2.34. The third-order valence-corrected chi connectivity index (χ3v) is 7.49. The average Bonchev–Trinajstić information content (AvgIpc) is 2.80. The molecule has 31 heavy (non-hydrogen) atoms. The number of aromatic nitrogens is 1.